The Kier molecular flexibility index (Phi) is 7.26. The molecule has 0 atom stereocenters. The molecule has 0 saturated carbocycles. The zero-order valence-corrected chi connectivity index (χ0v) is 17.6. The molecule has 7 nitrogen and oxygen atoms in total. The second kappa shape index (κ2) is 9.25. The van der Waals surface area contributed by atoms with Gasteiger partial charge in [0, 0.05) is 18.1 Å². The molecule has 28 heavy (non-hydrogen) atoms. The van der Waals surface area contributed by atoms with Gasteiger partial charge in [0.1, 0.15) is 11.4 Å². The number of benzene rings is 1. The van der Waals surface area contributed by atoms with Crippen molar-refractivity contribution in [2.75, 3.05) is 22.7 Å². The number of carboxylic acids is 1. The first-order chi connectivity index (χ1) is 13.2. The van der Waals surface area contributed by atoms with E-state index in [0.29, 0.717) is 29.5 Å². The summed E-state index contributed by atoms with van der Waals surface area (Å²) in [6, 6.07) is 5.88. The number of pyridine rings is 1. The van der Waals surface area contributed by atoms with E-state index in [1.807, 2.05) is 18.7 Å². The highest BCUT2D eigenvalue weighted by molar-refractivity contribution is 7.92. The first-order valence-electron chi connectivity index (χ1n) is 8.97. The van der Waals surface area contributed by atoms with Crippen LogP contribution >= 0.6 is 11.6 Å². The van der Waals surface area contributed by atoms with Gasteiger partial charge in [-0.3, -0.25) is 4.72 Å². The standard InChI is InChI=1S/C19H24ClN3O4S/c1-4-9-23(10-5-2)18-15(19(24)25)11-14(12-21-18)22-28(26,27)17-8-6-7-16(20)13(17)3/h6-8,11-12,22H,4-5,9-10H2,1-3H3,(H,24,25). The molecule has 0 unspecified atom stereocenters. The van der Waals surface area contributed by atoms with E-state index in [2.05, 4.69) is 9.71 Å². The Labute approximate surface area is 170 Å². The lowest BCUT2D eigenvalue weighted by Crippen LogP contribution is -2.28. The summed E-state index contributed by atoms with van der Waals surface area (Å²) < 4.78 is 27.8. The van der Waals surface area contributed by atoms with Crippen molar-refractivity contribution >= 4 is 39.1 Å². The van der Waals surface area contributed by atoms with Crippen molar-refractivity contribution in [2.24, 2.45) is 0 Å². The van der Waals surface area contributed by atoms with Gasteiger partial charge in [-0.15, -0.1) is 0 Å². The lowest BCUT2D eigenvalue weighted by molar-refractivity contribution is 0.0697. The maximum Gasteiger partial charge on any atom is 0.339 e. The third-order valence-corrected chi connectivity index (χ3v) is 6.08. The lowest BCUT2D eigenvalue weighted by atomic mass is 10.2. The van der Waals surface area contributed by atoms with E-state index in [9.17, 15) is 18.3 Å². The van der Waals surface area contributed by atoms with Gasteiger partial charge in [0.25, 0.3) is 10.0 Å². The zero-order valence-electron chi connectivity index (χ0n) is 16.1. The van der Waals surface area contributed by atoms with Crippen LogP contribution in [0.25, 0.3) is 0 Å². The Morgan fingerprint density at radius 2 is 1.89 bits per heavy atom. The summed E-state index contributed by atoms with van der Waals surface area (Å²) in [5.74, 6) is -0.835. The molecule has 2 rings (SSSR count). The topological polar surface area (TPSA) is 99.6 Å². The molecule has 1 heterocycles. The third kappa shape index (κ3) is 4.94. The molecule has 0 aliphatic heterocycles. The summed E-state index contributed by atoms with van der Waals surface area (Å²) in [6.07, 6.45) is 3.00. The van der Waals surface area contributed by atoms with Crippen molar-refractivity contribution in [3.8, 4) is 0 Å². The van der Waals surface area contributed by atoms with Crippen molar-refractivity contribution < 1.29 is 18.3 Å². The molecule has 2 N–H and O–H groups in total. The minimum absolute atomic E-state index is 0.0274. The fraction of sp³-hybridized carbons (Fsp3) is 0.368. The molecule has 0 spiro atoms. The van der Waals surface area contributed by atoms with Gasteiger partial charge in [0.15, 0.2) is 0 Å². The van der Waals surface area contributed by atoms with Gasteiger partial charge in [-0.1, -0.05) is 31.5 Å². The SMILES string of the molecule is CCCN(CCC)c1ncc(NS(=O)(=O)c2cccc(Cl)c2C)cc1C(=O)O. The second-order valence-corrected chi connectivity index (χ2v) is 8.41. The van der Waals surface area contributed by atoms with E-state index < -0.39 is 16.0 Å². The van der Waals surface area contributed by atoms with Crippen LogP contribution in [0.4, 0.5) is 11.5 Å². The molecule has 0 saturated heterocycles. The fourth-order valence-corrected chi connectivity index (χ4v) is 4.41. The molecule has 0 bridgehead atoms. The van der Waals surface area contributed by atoms with Gasteiger partial charge in [0.05, 0.1) is 16.8 Å². The number of nitrogens with one attached hydrogen (secondary N) is 1. The highest BCUT2D eigenvalue weighted by Gasteiger charge is 2.22. The number of nitrogens with zero attached hydrogens (tertiary/aromatic N) is 2. The van der Waals surface area contributed by atoms with Crippen LogP contribution in [0.2, 0.25) is 5.02 Å². The number of aromatic carboxylic acids is 1. The molecular formula is C19H24ClN3O4S. The predicted molar refractivity (Wildman–Crippen MR) is 111 cm³/mol. The van der Waals surface area contributed by atoms with Gasteiger partial charge in [-0.05, 0) is 43.5 Å². The Balaban J connectivity index is 2.43. The maximum atomic E-state index is 12.7. The van der Waals surface area contributed by atoms with Crippen LogP contribution in [0.5, 0.6) is 0 Å². The summed E-state index contributed by atoms with van der Waals surface area (Å²) in [6.45, 7) is 6.92. The van der Waals surface area contributed by atoms with Crippen LogP contribution in [0.3, 0.4) is 0 Å². The number of sulfonamides is 1. The number of hydrogen-bond acceptors (Lipinski definition) is 5. The number of halogens is 1. The van der Waals surface area contributed by atoms with Gasteiger partial charge in [0.2, 0.25) is 0 Å². The van der Waals surface area contributed by atoms with Crippen molar-refractivity contribution in [1.82, 2.24) is 4.98 Å². The molecule has 0 radical (unpaired) electrons. The van der Waals surface area contributed by atoms with Crippen LogP contribution in [-0.2, 0) is 10.0 Å². The van der Waals surface area contributed by atoms with Crippen LogP contribution in [0.1, 0.15) is 42.6 Å². The van der Waals surface area contributed by atoms with Crippen LogP contribution in [-0.4, -0.2) is 37.6 Å². The number of rotatable bonds is 9. The minimum atomic E-state index is -3.94. The van der Waals surface area contributed by atoms with E-state index in [4.69, 9.17) is 11.6 Å². The second-order valence-electron chi connectivity index (χ2n) is 6.36. The lowest BCUT2D eigenvalue weighted by Gasteiger charge is -2.24. The molecule has 0 fully saturated rings. The monoisotopic (exact) mass is 425 g/mol. The van der Waals surface area contributed by atoms with Crippen LogP contribution < -0.4 is 9.62 Å². The molecule has 9 heteroatoms. The summed E-state index contributed by atoms with van der Waals surface area (Å²) in [7, 11) is -3.94. The molecule has 0 amide bonds. The molecule has 152 valence electrons. The van der Waals surface area contributed by atoms with Gasteiger partial charge < -0.3 is 10.0 Å². The minimum Gasteiger partial charge on any atom is -0.478 e. The van der Waals surface area contributed by atoms with E-state index >= 15 is 0 Å². The smallest absolute Gasteiger partial charge is 0.339 e. The third-order valence-electron chi connectivity index (χ3n) is 4.14. The van der Waals surface area contributed by atoms with Crippen LogP contribution in [0, 0.1) is 6.92 Å². The first-order valence-corrected chi connectivity index (χ1v) is 10.8. The number of carboxylic acid groups (broad SMARTS) is 1. The quantitative estimate of drug-likeness (QED) is 0.625. The maximum absolute atomic E-state index is 12.7. The van der Waals surface area contributed by atoms with E-state index in [-0.39, 0.29) is 16.1 Å². The summed E-state index contributed by atoms with van der Waals surface area (Å²) in [5, 5.41) is 9.94. The molecule has 0 aliphatic carbocycles. The highest BCUT2D eigenvalue weighted by Crippen LogP contribution is 2.27. The summed E-state index contributed by atoms with van der Waals surface area (Å²) >= 11 is 6.02. The number of carbonyl (C=O) groups is 1. The van der Waals surface area contributed by atoms with E-state index in [0.717, 1.165) is 12.8 Å². The van der Waals surface area contributed by atoms with Crippen molar-refractivity contribution in [3.05, 3.63) is 46.6 Å². The summed E-state index contributed by atoms with van der Waals surface area (Å²) in [5.41, 5.74) is 0.440. The van der Waals surface area contributed by atoms with Gasteiger partial charge in [-0.25, -0.2) is 18.2 Å². The van der Waals surface area contributed by atoms with E-state index in [1.54, 1.807) is 19.1 Å². The fourth-order valence-electron chi connectivity index (χ4n) is 2.88. The molecule has 1 aromatic carbocycles. The average molecular weight is 426 g/mol. The molecule has 1 aromatic heterocycles. The van der Waals surface area contributed by atoms with Gasteiger partial charge in [-0.2, -0.15) is 0 Å². The molecule has 0 aliphatic rings. The zero-order chi connectivity index (χ0) is 20.9. The first kappa shape index (κ1) is 22.0. The van der Waals surface area contributed by atoms with Crippen molar-refractivity contribution in [2.45, 2.75) is 38.5 Å². The molecular weight excluding hydrogens is 402 g/mol. The predicted octanol–water partition coefficient (Wildman–Crippen LogP) is 4.17. The van der Waals surface area contributed by atoms with Crippen LogP contribution in [0.15, 0.2) is 35.4 Å². The normalized spacial score (nSPS) is 11.3. The van der Waals surface area contributed by atoms with E-state index in [1.165, 1.54) is 18.3 Å². The van der Waals surface area contributed by atoms with Crippen molar-refractivity contribution in [1.29, 1.82) is 0 Å². The Bertz CT molecular complexity index is 958. The Hall–Kier alpha value is -2.32. The molecule has 2 aromatic rings. The number of anilines is 2. The van der Waals surface area contributed by atoms with Crippen molar-refractivity contribution in [3.63, 3.8) is 0 Å². The highest BCUT2D eigenvalue weighted by atomic mass is 35.5. The Morgan fingerprint density at radius 3 is 2.46 bits per heavy atom. The average Bonchev–Trinajstić information content (AvgIpc) is 2.63. The Morgan fingerprint density at radius 1 is 1.25 bits per heavy atom. The largest absolute Gasteiger partial charge is 0.478 e. The van der Waals surface area contributed by atoms with Gasteiger partial charge >= 0.3 is 5.97 Å². The summed E-state index contributed by atoms with van der Waals surface area (Å²) in [4.78, 5) is 17.9. The number of aromatic nitrogens is 1. The number of hydrogen-bond donors (Lipinski definition) is 2.